The van der Waals surface area contributed by atoms with E-state index in [1.807, 2.05) is 0 Å². The zero-order valence-corrected chi connectivity index (χ0v) is 15.2. The lowest BCUT2D eigenvalue weighted by molar-refractivity contribution is -0.131. The molecule has 6 nitrogen and oxygen atoms in total. The smallest absolute Gasteiger partial charge is 0.325 e. The molecule has 1 aliphatic carbocycles. The van der Waals surface area contributed by atoms with Crippen molar-refractivity contribution in [2.45, 2.75) is 89.6 Å². The molecule has 6 heteroatoms. The van der Waals surface area contributed by atoms with Gasteiger partial charge in [-0.3, -0.25) is 14.5 Å². The van der Waals surface area contributed by atoms with Crippen LogP contribution >= 0.6 is 0 Å². The molecule has 2 rings (SSSR count). The third-order valence-corrected chi connectivity index (χ3v) is 5.92. The predicted molar refractivity (Wildman–Crippen MR) is 92.4 cm³/mol. The van der Waals surface area contributed by atoms with Gasteiger partial charge in [0.15, 0.2) is 0 Å². The predicted octanol–water partition coefficient (Wildman–Crippen LogP) is 2.72. The maximum atomic E-state index is 12.5. The van der Waals surface area contributed by atoms with E-state index in [4.69, 9.17) is 0 Å². The van der Waals surface area contributed by atoms with Crippen molar-refractivity contribution < 1.29 is 14.4 Å². The SMILES string of the molecule is CCC(CC)(CC)NC(=O)CCCN1C(=O)NC2(CCCC2)C1=O. The third kappa shape index (κ3) is 3.57. The Morgan fingerprint density at radius 3 is 2.29 bits per heavy atom. The molecule has 0 atom stereocenters. The number of carbonyl (C=O) groups is 3. The van der Waals surface area contributed by atoms with Crippen molar-refractivity contribution >= 4 is 17.8 Å². The van der Waals surface area contributed by atoms with Gasteiger partial charge in [0, 0.05) is 18.5 Å². The van der Waals surface area contributed by atoms with E-state index in [0.29, 0.717) is 19.4 Å². The van der Waals surface area contributed by atoms with Crippen LogP contribution in [-0.2, 0) is 9.59 Å². The first kappa shape index (κ1) is 18.7. The minimum absolute atomic E-state index is 0.00295. The zero-order valence-electron chi connectivity index (χ0n) is 15.2. The number of rotatable bonds is 8. The Bertz CT molecular complexity index is 485. The van der Waals surface area contributed by atoms with Gasteiger partial charge in [-0.1, -0.05) is 33.6 Å². The molecule has 1 saturated carbocycles. The van der Waals surface area contributed by atoms with Crippen molar-refractivity contribution in [3.63, 3.8) is 0 Å². The highest BCUT2D eigenvalue weighted by molar-refractivity contribution is 6.07. The van der Waals surface area contributed by atoms with Crippen LogP contribution < -0.4 is 10.6 Å². The van der Waals surface area contributed by atoms with Crippen molar-refractivity contribution in [3.8, 4) is 0 Å². The minimum Gasteiger partial charge on any atom is -0.351 e. The second-order valence-corrected chi connectivity index (χ2v) is 7.17. The van der Waals surface area contributed by atoms with Gasteiger partial charge < -0.3 is 10.6 Å². The summed E-state index contributed by atoms with van der Waals surface area (Å²) in [6.07, 6.45) is 7.00. The van der Waals surface area contributed by atoms with Crippen LogP contribution in [-0.4, -0.2) is 40.4 Å². The van der Waals surface area contributed by atoms with Crippen molar-refractivity contribution in [2.75, 3.05) is 6.54 Å². The van der Waals surface area contributed by atoms with Gasteiger partial charge in [-0.2, -0.15) is 0 Å². The van der Waals surface area contributed by atoms with Gasteiger partial charge in [0.1, 0.15) is 5.54 Å². The molecule has 1 heterocycles. The first-order chi connectivity index (χ1) is 11.4. The van der Waals surface area contributed by atoms with Gasteiger partial charge in [0.25, 0.3) is 5.91 Å². The maximum Gasteiger partial charge on any atom is 0.325 e. The number of nitrogens with zero attached hydrogens (tertiary/aromatic N) is 1. The average molecular weight is 337 g/mol. The lowest BCUT2D eigenvalue weighted by Crippen LogP contribution is -2.47. The van der Waals surface area contributed by atoms with Crippen LogP contribution in [0.25, 0.3) is 0 Å². The lowest BCUT2D eigenvalue weighted by Gasteiger charge is -2.32. The highest BCUT2D eigenvalue weighted by Crippen LogP contribution is 2.35. The van der Waals surface area contributed by atoms with E-state index < -0.39 is 5.54 Å². The molecule has 4 amide bonds. The summed E-state index contributed by atoms with van der Waals surface area (Å²) in [6.45, 7) is 6.57. The van der Waals surface area contributed by atoms with Gasteiger partial charge in [-0.05, 0) is 38.5 Å². The van der Waals surface area contributed by atoms with Gasteiger partial charge in [-0.15, -0.1) is 0 Å². The van der Waals surface area contributed by atoms with Gasteiger partial charge in [-0.25, -0.2) is 4.79 Å². The second-order valence-electron chi connectivity index (χ2n) is 7.17. The van der Waals surface area contributed by atoms with E-state index in [2.05, 4.69) is 31.4 Å². The number of hydrogen-bond acceptors (Lipinski definition) is 3. The fourth-order valence-electron chi connectivity index (χ4n) is 3.97. The number of nitrogens with one attached hydrogen (secondary N) is 2. The molecular formula is C18H31N3O3. The Balaban J connectivity index is 1.82. The summed E-state index contributed by atoms with van der Waals surface area (Å²) in [5.74, 6) is -0.0985. The van der Waals surface area contributed by atoms with E-state index in [1.54, 1.807) is 0 Å². The molecule has 2 N–H and O–H groups in total. The molecule has 2 fully saturated rings. The fraction of sp³-hybridized carbons (Fsp3) is 0.833. The van der Waals surface area contributed by atoms with Crippen molar-refractivity contribution in [3.05, 3.63) is 0 Å². The first-order valence-corrected chi connectivity index (χ1v) is 9.37. The number of urea groups is 1. The summed E-state index contributed by atoms with van der Waals surface area (Å²) in [4.78, 5) is 38.1. The van der Waals surface area contributed by atoms with Crippen LogP contribution in [0.3, 0.4) is 0 Å². The number of hydrogen-bond donors (Lipinski definition) is 2. The van der Waals surface area contributed by atoms with Crippen LogP contribution in [0.1, 0.15) is 78.6 Å². The molecule has 24 heavy (non-hydrogen) atoms. The maximum absolute atomic E-state index is 12.5. The molecule has 1 saturated heterocycles. The molecule has 0 radical (unpaired) electrons. The fourth-order valence-corrected chi connectivity index (χ4v) is 3.97. The van der Waals surface area contributed by atoms with E-state index >= 15 is 0 Å². The number of carbonyl (C=O) groups excluding carboxylic acids is 3. The van der Waals surface area contributed by atoms with Crippen LogP contribution in [0.4, 0.5) is 4.79 Å². The summed E-state index contributed by atoms with van der Waals surface area (Å²) in [6, 6.07) is -0.299. The molecular weight excluding hydrogens is 306 g/mol. The summed E-state index contributed by atoms with van der Waals surface area (Å²) in [7, 11) is 0. The van der Waals surface area contributed by atoms with Gasteiger partial charge >= 0.3 is 6.03 Å². The minimum atomic E-state index is -0.652. The summed E-state index contributed by atoms with van der Waals surface area (Å²) < 4.78 is 0. The van der Waals surface area contributed by atoms with E-state index in [-0.39, 0.29) is 23.4 Å². The van der Waals surface area contributed by atoms with Crippen molar-refractivity contribution in [1.82, 2.24) is 15.5 Å². The Morgan fingerprint density at radius 1 is 1.17 bits per heavy atom. The third-order valence-electron chi connectivity index (χ3n) is 5.92. The highest BCUT2D eigenvalue weighted by Gasteiger charge is 2.52. The van der Waals surface area contributed by atoms with E-state index in [9.17, 15) is 14.4 Å². The monoisotopic (exact) mass is 337 g/mol. The highest BCUT2D eigenvalue weighted by atomic mass is 16.2. The molecule has 136 valence electrons. The summed E-state index contributed by atoms with van der Waals surface area (Å²) in [5, 5.41) is 6.00. The van der Waals surface area contributed by atoms with Crippen molar-refractivity contribution in [2.24, 2.45) is 0 Å². The average Bonchev–Trinajstić information content (AvgIpc) is 3.13. The quantitative estimate of drug-likeness (QED) is 0.669. The molecule has 1 spiro atoms. The molecule has 0 unspecified atom stereocenters. The van der Waals surface area contributed by atoms with Crippen molar-refractivity contribution in [1.29, 1.82) is 0 Å². The normalized spacial score (nSPS) is 19.9. The molecule has 1 aliphatic heterocycles. The number of imide groups is 1. The molecule has 0 bridgehead atoms. The lowest BCUT2D eigenvalue weighted by atomic mass is 9.89. The second kappa shape index (κ2) is 7.53. The topological polar surface area (TPSA) is 78.5 Å². The van der Waals surface area contributed by atoms with Crippen LogP contribution in [0.15, 0.2) is 0 Å². The Morgan fingerprint density at radius 2 is 1.75 bits per heavy atom. The van der Waals surface area contributed by atoms with Crippen LogP contribution in [0.5, 0.6) is 0 Å². The molecule has 0 aromatic rings. The largest absolute Gasteiger partial charge is 0.351 e. The Labute approximate surface area is 144 Å². The molecule has 0 aromatic heterocycles. The van der Waals surface area contributed by atoms with Gasteiger partial charge in [0.2, 0.25) is 5.91 Å². The van der Waals surface area contributed by atoms with E-state index in [1.165, 1.54) is 4.90 Å². The Hall–Kier alpha value is -1.59. The standard InChI is InChI=1S/C18H31N3O3/c1-4-17(5-2,6-3)19-14(22)10-9-13-21-15(23)18(20-16(21)24)11-7-8-12-18/h4-13H2,1-3H3,(H,19,22)(H,20,24). The van der Waals surface area contributed by atoms with Gasteiger partial charge in [0.05, 0.1) is 0 Å². The van der Waals surface area contributed by atoms with Crippen LogP contribution in [0.2, 0.25) is 0 Å². The molecule has 0 aromatic carbocycles. The summed E-state index contributed by atoms with van der Waals surface area (Å²) in [5.41, 5.74) is -0.785. The number of amides is 4. The Kier molecular flexibility index (Phi) is 5.88. The van der Waals surface area contributed by atoms with E-state index in [0.717, 1.165) is 44.9 Å². The zero-order chi connectivity index (χ0) is 17.8. The summed E-state index contributed by atoms with van der Waals surface area (Å²) >= 11 is 0. The first-order valence-electron chi connectivity index (χ1n) is 9.37. The van der Waals surface area contributed by atoms with Crippen LogP contribution in [0, 0.1) is 0 Å². The molecule has 2 aliphatic rings.